The number of nitrogens with one attached hydrogen (secondary N) is 2. The van der Waals surface area contributed by atoms with Crippen LogP contribution in [0.2, 0.25) is 0 Å². The lowest BCUT2D eigenvalue weighted by Crippen LogP contribution is -2.20. The SMILES string of the molecule is CCNc1ccc([N+](=O)[O-])cc1S(=O)(=O)NC. The average Bonchev–Trinajstić information content (AvgIpc) is 2.29. The third-order valence-corrected chi connectivity index (χ3v) is 3.56. The first-order valence-electron chi connectivity index (χ1n) is 4.88. The molecule has 0 radical (unpaired) electrons. The quantitative estimate of drug-likeness (QED) is 0.605. The van der Waals surface area contributed by atoms with E-state index in [4.69, 9.17) is 0 Å². The van der Waals surface area contributed by atoms with Crippen LogP contribution in [-0.2, 0) is 10.0 Å². The van der Waals surface area contributed by atoms with Gasteiger partial charge in [0.1, 0.15) is 4.90 Å². The highest BCUT2D eigenvalue weighted by Gasteiger charge is 2.20. The van der Waals surface area contributed by atoms with E-state index in [-0.39, 0.29) is 10.6 Å². The van der Waals surface area contributed by atoms with Crippen molar-refractivity contribution in [3.8, 4) is 0 Å². The molecule has 0 unspecified atom stereocenters. The number of hydrogen-bond acceptors (Lipinski definition) is 5. The van der Waals surface area contributed by atoms with Gasteiger partial charge in [0.15, 0.2) is 0 Å². The molecule has 0 aromatic heterocycles. The topological polar surface area (TPSA) is 101 Å². The summed E-state index contributed by atoms with van der Waals surface area (Å²) in [5, 5.41) is 13.4. The molecule has 0 saturated heterocycles. The number of nitro groups is 1. The zero-order valence-electron chi connectivity index (χ0n) is 9.43. The fourth-order valence-electron chi connectivity index (χ4n) is 1.29. The van der Waals surface area contributed by atoms with E-state index in [1.165, 1.54) is 19.2 Å². The van der Waals surface area contributed by atoms with E-state index >= 15 is 0 Å². The van der Waals surface area contributed by atoms with Gasteiger partial charge in [0.05, 0.1) is 10.6 Å². The summed E-state index contributed by atoms with van der Waals surface area (Å²) in [6, 6.07) is 3.67. The zero-order chi connectivity index (χ0) is 13.1. The van der Waals surface area contributed by atoms with E-state index in [2.05, 4.69) is 10.0 Å². The molecule has 0 atom stereocenters. The van der Waals surface area contributed by atoms with Gasteiger partial charge in [-0.25, -0.2) is 13.1 Å². The maximum absolute atomic E-state index is 11.7. The summed E-state index contributed by atoms with van der Waals surface area (Å²) in [5.41, 5.74) is 0.0768. The zero-order valence-corrected chi connectivity index (χ0v) is 10.2. The summed E-state index contributed by atoms with van der Waals surface area (Å²) in [6.07, 6.45) is 0. The summed E-state index contributed by atoms with van der Waals surface area (Å²) in [4.78, 5) is 9.84. The van der Waals surface area contributed by atoms with Gasteiger partial charge in [0.2, 0.25) is 10.0 Å². The third-order valence-electron chi connectivity index (χ3n) is 2.10. The molecular formula is C9H13N3O4S. The van der Waals surface area contributed by atoms with Crippen molar-refractivity contribution < 1.29 is 13.3 Å². The minimum atomic E-state index is -3.72. The van der Waals surface area contributed by atoms with Crippen LogP contribution in [0.5, 0.6) is 0 Å². The molecule has 0 aliphatic rings. The Kier molecular flexibility index (Phi) is 4.02. The molecule has 0 fully saturated rings. The molecule has 0 saturated carbocycles. The van der Waals surface area contributed by atoms with E-state index < -0.39 is 14.9 Å². The Morgan fingerprint density at radius 3 is 2.53 bits per heavy atom. The van der Waals surface area contributed by atoms with Crippen molar-refractivity contribution in [1.29, 1.82) is 0 Å². The minimum Gasteiger partial charge on any atom is -0.384 e. The predicted octanol–water partition coefficient (Wildman–Crippen LogP) is 0.935. The fourth-order valence-corrected chi connectivity index (χ4v) is 2.22. The molecule has 0 aliphatic heterocycles. The lowest BCUT2D eigenvalue weighted by molar-refractivity contribution is -0.385. The lowest BCUT2D eigenvalue weighted by atomic mass is 10.3. The molecule has 0 bridgehead atoms. The third kappa shape index (κ3) is 2.92. The Morgan fingerprint density at radius 2 is 2.06 bits per heavy atom. The van der Waals surface area contributed by atoms with Gasteiger partial charge < -0.3 is 5.32 Å². The van der Waals surface area contributed by atoms with Gasteiger partial charge in [0.25, 0.3) is 5.69 Å². The first kappa shape index (κ1) is 13.4. The van der Waals surface area contributed by atoms with Crippen LogP contribution in [0.4, 0.5) is 11.4 Å². The summed E-state index contributed by atoms with van der Waals surface area (Å²) >= 11 is 0. The number of sulfonamides is 1. The molecule has 94 valence electrons. The standard InChI is InChI=1S/C9H13N3O4S/c1-3-11-8-5-4-7(12(13)14)6-9(8)17(15,16)10-2/h4-6,10-11H,3H2,1-2H3. The maximum atomic E-state index is 11.7. The van der Waals surface area contributed by atoms with Crippen LogP contribution in [0.3, 0.4) is 0 Å². The molecule has 0 spiro atoms. The van der Waals surface area contributed by atoms with E-state index in [9.17, 15) is 18.5 Å². The Morgan fingerprint density at radius 1 is 1.41 bits per heavy atom. The molecular weight excluding hydrogens is 246 g/mol. The first-order chi connectivity index (χ1) is 7.92. The largest absolute Gasteiger partial charge is 0.384 e. The molecule has 0 heterocycles. The maximum Gasteiger partial charge on any atom is 0.270 e. The molecule has 0 aliphatic carbocycles. The van der Waals surface area contributed by atoms with Crippen LogP contribution < -0.4 is 10.0 Å². The van der Waals surface area contributed by atoms with Crippen LogP contribution in [0.25, 0.3) is 0 Å². The van der Waals surface area contributed by atoms with Crippen molar-refractivity contribution in [2.24, 2.45) is 0 Å². The number of rotatable bonds is 5. The van der Waals surface area contributed by atoms with Gasteiger partial charge in [-0.05, 0) is 20.0 Å². The molecule has 8 heteroatoms. The number of non-ortho nitro benzene ring substituents is 1. The number of benzene rings is 1. The summed E-state index contributed by atoms with van der Waals surface area (Å²) < 4.78 is 25.5. The van der Waals surface area contributed by atoms with Crippen LogP contribution in [0.15, 0.2) is 23.1 Å². The second-order valence-electron chi connectivity index (χ2n) is 3.18. The van der Waals surface area contributed by atoms with Crippen molar-refractivity contribution in [2.75, 3.05) is 18.9 Å². The molecule has 1 aromatic carbocycles. The first-order valence-corrected chi connectivity index (χ1v) is 6.36. The van der Waals surface area contributed by atoms with Crippen LogP contribution in [0, 0.1) is 10.1 Å². The lowest BCUT2D eigenvalue weighted by Gasteiger charge is -2.10. The van der Waals surface area contributed by atoms with Gasteiger partial charge in [0, 0.05) is 18.7 Å². The van der Waals surface area contributed by atoms with Gasteiger partial charge >= 0.3 is 0 Å². The van der Waals surface area contributed by atoms with Crippen molar-refractivity contribution in [1.82, 2.24) is 4.72 Å². The number of hydrogen-bond donors (Lipinski definition) is 2. The molecule has 7 nitrogen and oxygen atoms in total. The van der Waals surface area contributed by atoms with Gasteiger partial charge in [-0.3, -0.25) is 10.1 Å². The number of nitrogens with zero attached hydrogens (tertiary/aromatic N) is 1. The normalized spacial score (nSPS) is 11.2. The molecule has 17 heavy (non-hydrogen) atoms. The monoisotopic (exact) mass is 259 g/mol. The Hall–Kier alpha value is -1.67. The van der Waals surface area contributed by atoms with E-state index in [0.717, 1.165) is 6.07 Å². The second-order valence-corrected chi connectivity index (χ2v) is 5.03. The summed E-state index contributed by atoms with van der Waals surface area (Å²) in [7, 11) is -2.47. The highest BCUT2D eigenvalue weighted by atomic mass is 32.2. The van der Waals surface area contributed by atoms with Crippen molar-refractivity contribution in [3.05, 3.63) is 28.3 Å². The minimum absolute atomic E-state index is 0.129. The molecule has 1 aromatic rings. The molecule has 1 rings (SSSR count). The van der Waals surface area contributed by atoms with Crippen molar-refractivity contribution in [3.63, 3.8) is 0 Å². The summed E-state index contributed by atoms with van der Waals surface area (Å²) in [5.74, 6) is 0. The average molecular weight is 259 g/mol. The Labute approximate surface area is 99.0 Å². The fraction of sp³-hybridized carbons (Fsp3) is 0.333. The highest BCUT2D eigenvalue weighted by Crippen LogP contribution is 2.25. The van der Waals surface area contributed by atoms with Crippen molar-refractivity contribution in [2.45, 2.75) is 11.8 Å². The van der Waals surface area contributed by atoms with E-state index in [1.54, 1.807) is 6.92 Å². The number of anilines is 1. The van der Waals surface area contributed by atoms with Gasteiger partial charge in [-0.2, -0.15) is 0 Å². The van der Waals surface area contributed by atoms with E-state index in [1.807, 2.05) is 0 Å². The Balaban J connectivity index is 3.40. The van der Waals surface area contributed by atoms with Crippen LogP contribution >= 0.6 is 0 Å². The predicted molar refractivity (Wildman–Crippen MR) is 63.5 cm³/mol. The van der Waals surface area contributed by atoms with Crippen LogP contribution in [0.1, 0.15) is 6.92 Å². The van der Waals surface area contributed by atoms with Gasteiger partial charge in [-0.15, -0.1) is 0 Å². The smallest absolute Gasteiger partial charge is 0.270 e. The van der Waals surface area contributed by atoms with Crippen LogP contribution in [-0.4, -0.2) is 26.9 Å². The number of nitro benzene ring substituents is 1. The molecule has 2 N–H and O–H groups in total. The summed E-state index contributed by atoms with van der Waals surface area (Å²) in [6.45, 7) is 2.32. The molecule has 0 amide bonds. The Bertz CT molecular complexity index is 527. The second kappa shape index (κ2) is 5.11. The van der Waals surface area contributed by atoms with Crippen molar-refractivity contribution >= 4 is 21.4 Å². The highest BCUT2D eigenvalue weighted by molar-refractivity contribution is 7.89. The van der Waals surface area contributed by atoms with E-state index in [0.29, 0.717) is 12.2 Å². The van der Waals surface area contributed by atoms with Gasteiger partial charge in [-0.1, -0.05) is 0 Å².